The molecule has 0 fully saturated rings. The zero-order chi connectivity index (χ0) is 17.1. The van der Waals surface area contributed by atoms with Crippen molar-refractivity contribution in [2.75, 3.05) is 0 Å². The summed E-state index contributed by atoms with van der Waals surface area (Å²) in [5, 5.41) is 16.0. The third-order valence-electron chi connectivity index (χ3n) is 3.74. The number of nitrogens with zero attached hydrogens (tertiary/aromatic N) is 1. The fourth-order valence-corrected chi connectivity index (χ4v) is 2.65. The van der Waals surface area contributed by atoms with E-state index in [2.05, 4.69) is 10.5 Å². The van der Waals surface area contributed by atoms with Crippen molar-refractivity contribution in [1.29, 1.82) is 0 Å². The zero-order valence-corrected chi connectivity index (χ0v) is 13.6. The number of carboxylic acid groups (broad SMARTS) is 1. The molecular formula is C17H20N2O4. The molecule has 1 aromatic heterocycles. The second-order valence-corrected chi connectivity index (χ2v) is 5.57. The first kappa shape index (κ1) is 16.7. The van der Waals surface area contributed by atoms with E-state index in [0.29, 0.717) is 17.7 Å². The Morgan fingerprint density at radius 3 is 2.39 bits per heavy atom. The smallest absolute Gasteiger partial charge is 0.335 e. The van der Waals surface area contributed by atoms with Crippen LogP contribution in [0.25, 0.3) is 0 Å². The molecule has 1 amide bonds. The molecule has 2 N–H and O–H groups in total. The SMILES string of the molecule is CCC(NC(=O)c1cc(C)cc(C(=O)O)c1)c1c(C)noc1C. The summed E-state index contributed by atoms with van der Waals surface area (Å²) < 4.78 is 5.16. The first-order valence-corrected chi connectivity index (χ1v) is 7.42. The molecule has 0 aliphatic carbocycles. The van der Waals surface area contributed by atoms with Crippen molar-refractivity contribution in [3.05, 3.63) is 51.9 Å². The summed E-state index contributed by atoms with van der Waals surface area (Å²) in [7, 11) is 0. The maximum absolute atomic E-state index is 12.5. The second kappa shape index (κ2) is 6.64. The van der Waals surface area contributed by atoms with Gasteiger partial charge in [-0.05, 0) is 51.0 Å². The van der Waals surface area contributed by atoms with Crippen molar-refractivity contribution in [2.45, 2.75) is 40.2 Å². The van der Waals surface area contributed by atoms with Gasteiger partial charge < -0.3 is 14.9 Å². The summed E-state index contributed by atoms with van der Waals surface area (Å²) in [4.78, 5) is 23.6. The molecule has 2 rings (SSSR count). The van der Waals surface area contributed by atoms with Crippen molar-refractivity contribution in [3.8, 4) is 0 Å². The fourth-order valence-electron chi connectivity index (χ4n) is 2.65. The highest BCUT2D eigenvalue weighted by molar-refractivity contribution is 5.98. The van der Waals surface area contributed by atoms with Crippen LogP contribution in [0.4, 0.5) is 0 Å². The molecule has 1 atom stereocenters. The average molecular weight is 316 g/mol. The minimum absolute atomic E-state index is 0.0977. The van der Waals surface area contributed by atoms with Crippen LogP contribution in [0.3, 0.4) is 0 Å². The Kier molecular flexibility index (Phi) is 4.83. The number of benzene rings is 1. The second-order valence-electron chi connectivity index (χ2n) is 5.57. The van der Waals surface area contributed by atoms with E-state index < -0.39 is 5.97 Å². The van der Waals surface area contributed by atoms with Gasteiger partial charge in [0.15, 0.2) is 0 Å². The van der Waals surface area contributed by atoms with Gasteiger partial charge in [0.05, 0.1) is 17.3 Å². The van der Waals surface area contributed by atoms with Crippen LogP contribution in [-0.2, 0) is 0 Å². The number of carboxylic acids is 1. The Hall–Kier alpha value is -2.63. The predicted molar refractivity (Wildman–Crippen MR) is 84.6 cm³/mol. The molecule has 1 unspecified atom stereocenters. The Bertz CT molecular complexity index is 730. The Morgan fingerprint density at radius 2 is 1.87 bits per heavy atom. The third kappa shape index (κ3) is 3.59. The van der Waals surface area contributed by atoms with Gasteiger partial charge in [0.1, 0.15) is 5.76 Å². The molecule has 1 aromatic carbocycles. The van der Waals surface area contributed by atoms with Crippen LogP contribution in [0.1, 0.15) is 62.7 Å². The Balaban J connectivity index is 2.29. The maximum atomic E-state index is 12.5. The lowest BCUT2D eigenvalue weighted by atomic mass is 10.0. The van der Waals surface area contributed by atoms with E-state index in [4.69, 9.17) is 9.63 Å². The van der Waals surface area contributed by atoms with E-state index in [1.807, 2.05) is 13.8 Å². The number of rotatable bonds is 5. The summed E-state index contributed by atoms with van der Waals surface area (Å²) in [5.74, 6) is -0.700. The van der Waals surface area contributed by atoms with E-state index >= 15 is 0 Å². The molecule has 6 nitrogen and oxygen atoms in total. The van der Waals surface area contributed by atoms with Crippen LogP contribution in [0.5, 0.6) is 0 Å². The van der Waals surface area contributed by atoms with Crippen molar-refractivity contribution in [3.63, 3.8) is 0 Å². The lowest BCUT2D eigenvalue weighted by molar-refractivity contribution is 0.0696. The summed E-state index contributed by atoms with van der Waals surface area (Å²) in [5.41, 5.74) is 2.76. The number of carbonyl (C=O) groups is 2. The molecule has 2 aromatic rings. The minimum Gasteiger partial charge on any atom is -0.478 e. The maximum Gasteiger partial charge on any atom is 0.335 e. The molecule has 0 aliphatic rings. The van der Waals surface area contributed by atoms with Gasteiger partial charge in [-0.1, -0.05) is 12.1 Å². The quantitative estimate of drug-likeness (QED) is 0.883. The molecule has 23 heavy (non-hydrogen) atoms. The van der Waals surface area contributed by atoms with Gasteiger partial charge in [-0.25, -0.2) is 4.79 Å². The van der Waals surface area contributed by atoms with Gasteiger partial charge in [-0.15, -0.1) is 0 Å². The van der Waals surface area contributed by atoms with Crippen LogP contribution < -0.4 is 5.32 Å². The lowest BCUT2D eigenvalue weighted by Crippen LogP contribution is -2.29. The third-order valence-corrected chi connectivity index (χ3v) is 3.74. The van der Waals surface area contributed by atoms with Gasteiger partial charge in [0, 0.05) is 11.1 Å². The van der Waals surface area contributed by atoms with Crippen LogP contribution in [-0.4, -0.2) is 22.1 Å². The molecule has 0 spiro atoms. The minimum atomic E-state index is -1.06. The Morgan fingerprint density at radius 1 is 1.22 bits per heavy atom. The Labute approximate surface area is 134 Å². The van der Waals surface area contributed by atoms with Crippen LogP contribution >= 0.6 is 0 Å². The van der Waals surface area contributed by atoms with Gasteiger partial charge >= 0.3 is 5.97 Å². The molecule has 1 heterocycles. The number of carbonyl (C=O) groups excluding carboxylic acids is 1. The molecule has 0 aliphatic heterocycles. The molecule has 0 saturated carbocycles. The van der Waals surface area contributed by atoms with Crippen molar-refractivity contribution >= 4 is 11.9 Å². The van der Waals surface area contributed by atoms with E-state index in [-0.39, 0.29) is 17.5 Å². The standard InChI is InChI=1S/C17H20N2O4/c1-5-14(15-10(3)19-23-11(15)4)18-16(20)12-6-9(2)7-13(8-12)17(21)22/h6-8,14H,5H2,1-4H3,(H,18,20)(H,21,22). The highest BCUT2D eigenvalue weighted by Crippen LogP contribution is 2.24. The van der Waals surface area contributed by atoms with Crippen LogP contribution in [0, 0.1) is 20.8 Å². The highest BCUT2D eigenvalue weighted by atomic mass is 16.5. The molecule has 0 saturated heterocycles. The topological polar surface area (TPSA) is 92.4 Å². The number of amides is 1. The molecule has 0 bridgehead atoms. The molecular weight excluding hydrogens is 296 g/mol. The van der Waals surface area contributed by atoms with Gasteiger partial charge in [-0.2, -0.15) is 0 Å². The normalized spacial score (nSPS) is 12.0. The zero-order valence-electron chi connectivity index (χ0n) is 13.6. The monoisotopic (exact) mass is 316 g/mol. The molecule has 122 valence electrons. The summed E-state index contributed by atoms with van der Waals surface area (Å²) in [6, 6.07) is 4.35. The van der Waals surface area contributed by atoms with Crippen LogP contribution in [0.2, 0.25) is 0 Å². The van der Waals surface area contributed by atoms with E-state index in [1.54, 1.807) is 19.9 Å². The number of hydrogen-bond donors (Lipinski definition) is 2. The van der Waals surface area contributed by atoms with Gasteiger partial charge in [0.2, 0.25) is 0 Å². The van der Waals surface area contributed by atoms with Gasteiger partial charge in [0.25, 0.3) is 5.91 Å². The largest absolute Gasteiger partial charge is 0.478 e. The van der Waals surface area contributed by atoms with E-state index in [1.165, 1.54) is 12.1 Å². The first-order valence-electron chi connectivity index (χ1n) is 7.42. The van der Waals surface area contributed by atoms with Crippen LogP contribution in [0.15, 0.2) is 22.7 Å². The fraction of sp³-hybridized carbons (Fsp3) is 0.353. The lowest BCUT2D eigenvalue weighted by Gasteiger charge is -2.17. The molecule has 0 radical (unpaired) electrons. The number of aromatic carboxylic acids is 1. The van der Waals surface area contributed by atoms with E-state index in [0.717, 1.165) is 16.8 Å². The number of aryl methyl sites for hydroxylation is 3. The number of aromatic nitrogens is 1. The highest BCUT2D eigenvalue weighted by Gasteiger charge is 2.22. The number of hydrogen-bond acceptors (Lipinski definition) is 4. The van der Waals surface area contributed by atoms with Crippen molar-refractivity contribution < 1.29 is 19.2 Å². The van der Waals surface area contributed by atoms with Gasteiger partial charge in [-0.3, -0.25) is 4.79 Å². The first-order chi connectivity index (χ1) is 10.8. The van der Waals surface area contributed by atoms with E-state index in [9.17, 15) is 9.59 Å². The molecule has 6 heteroatoms. The summed E-state index contributed by atoms with van der Waals surface area (Å²) >= 11 is 0. The number of nitrogens with one attached hydrogen (secondary N) is 1. The van der Waals surface area contributed by atoms with Crippen molar-refractivity contribution in [2.24, 2.45) is 0 Å². The summed E-state index contributed by atoms with van der Waals surface area (Å²) in [6.45, 7) is 7.35. The summed E-state index contributed by atoms with van der Waals surface area (Å²) in [6.07, 6.45) is 0.673. The average Bonchev–Trinajstić information content (AvgIpc) is 2.83. The predicted octanol–water partition coefficient (Wildman–Crippen LogP) is 3.18. The van der Waals surface area contributed by atoms with Crippen molar-refractivity contribution in [1.82, 2.24) is 10.5 Å².